The minimum atomic E-state index is -2.89. The number of amides is 1. The number of nitrogens with one attached hydrogen (secondary N) is 1. The smallest absolute Gasteiger partial charge is 0.274 e. The lowest BCUT2D eigenvalue weighted by molar-refractivity contribution is 0.0725. The summed E-state index contributed by atoms with van der Waals surface area (Å²) >= 11 is 3.52. The summed E-state index contributed by atoms with van der Waals surface area (Å²) in [6, 6.07) is 7.30. The Hall–Kier alpha value is -1.87. The second-order valence-corrected chi connectivity index (χ2v) is 10.5. The Kier molecular flexibility index (Phi) is 6.44. The average Bonchev–Trinajstić information content (AvgIpc) is 3.08. The molecule has 1 aromatic carbocycles. The zero-order valence-corrected chi connectivity index (χ0v) is 18.2. The lowest BCUT2D eigenvalue weighted by Crippen LogP contribution is -2.34. The van der Waals surface area contributed by atoms with Crippen molar-refractivity contribution in [3.05, 3.63) is 45.7 Å². The fraction of sp³-hybridized carbons (Fsp3) is 0.474. The molecule has 7 nitrogen and oxygen atoms in total. The van der Waals surface area contributed by atoms with Gasteiger partial charge in [0.05, 0.1) is 11.5 Å². The number of halogens is 1. The Balaban J connectivity index is 1.75. The van der Waals surface area contributed by atoms with E-state index in [-0.39, 0.29) is 17.4 Å². The fourth-order valence-corrected chi connectivity index (χ4v) is 5.54. The van der Waals surface area contributed by atoms with Crippen molar-refractivity contribution < 1.29 is 13.2 Å². The number of rotatable bonds is 6. The number of carbonyl (C=O) groups excluding carboxylic acids is 1. The third-order valence-corrected chi connectivity index (χ3v) is 7.66. The van der Waals surface area contributed by atoms with Crippen molar-refractivity contribution in [2.24, 2.45) is 5.92 Å². The van der Waals surface area contributed by atoms with Crippen LogP contribution in [-0.2, 0) is 16.4 Å². The van der Waals surface area contributed by atoms with Gasteiger partial charge in [-0.2, -0.15) is 5.10 Å². The Morgan fingerprint density at radius 1 is 1.36 bits per heavy atom. The molecule has 1 saturated heterocycles. The third kappa shape index (κ3) is 5.14. The van der Waals surface area contributed by atoms with E-state index < -0.39 is 9.84 Å². The highest BCUT2D eigenvalue weighted by atomic mass is 79.9. The van der Waals surface area contributed by atoms with E-state index in [1.165, 1.54) is 0 Å². The van der Waals surface area contributed by atoms with E-state index in [2.05, 4.69) is 26.1 Å². The van der Waals surface area contributed by atoms with Gasteiger partial charge in [0.25, 0.3) is 5.91 Å². The van der Waals surface area contributed by atoms with E-state index in [1.807, 2.05) is 25.1 Å². The number of benzene rings is 1. The third-order valence-electron chi connectivity index (χ3n) is 5.20. The summed E-state index contributed by atoms with van der Waals surface area (Å²) in [5, 5.41) is 6.91. The van der Waals surface area contributed by atoms with Crippen LogP contribution in [0.3, 0.4) is 0 Å². The van der Waals surface area contributed by atoms with Crippen LogP contribution in [0.2, 0.25) is 0 Å². The van der Waals surface area contributed by atoms with Crippen LogP contribution in [0.4, 0.5) is 5.69 Å². The first kappa shape index (κ1) is 20.9. The van der Waals surface area contributed by atoms with Gasteiger partial charge in [-0.25, -0.2) is 8.42 Å². The van der Waals surface area contributed by atoms with Crippen LogP contribution in [0, 0.1) is 12.8 Å². The molecule has 0 spiro atoms. The Morgan fingerprint density at radius 3 is 2.68 bits per heavy atom. The first-order valence-electron chi connectivity index (χ1n) is 9.30. The summed E-state index contributed by atoms with van der Waals surface area (Å²) in [5.41, 5.74) is 8.79. The SMILES string of the molecule is Cc1cc(C(=O)N(CCC2CCS(=O)(=O)CC2)Cc2c(N)cccc2Br)n[nH]1. The van der Waals surface area contributed by atoms with E-state index in [0.717, 1.165) is 22.2 Å². The number of aryl methyl sites for hydroxylation is 1. The van der Waals surface area contributed by atoms with Crippen molar-refractivity contribution >= 4 is 37.4 Å². The molecule has 3 rings (SSSR count). The number of nitrogens with zero attached hydrogens (tertiary/aromatic N) is 2. The van der Waals surface area contributed by atoms with E-state index in [1.54, 1.807) is 11.0 Å². The molecule has 0 saturated carbocycles. The molecule has 2 aromatic rings. The summed E-state index contributed by atoms with van der Waals surface area (Å²) in [7, 11) is -2.89. The fourth-order valence-electron chi connectivity index (χ4n) is 3.44. The first-order valence-corrected chi connectivity index (χ1v) is 11.9. The van der Waals surface area contributed by atoms with Gasteiger partial charge >= 0.3 is 0 Å². The quantitative estimate of drug-likeness (QED) is 0.633. The zero-order chi connectivity index (χ0) is 20.3. The van der Waals surface area contributed by atoms with Crippen molar-refractivity contribution in [2.45, 2.75) is 32.7 Å². The Labute approximate surface area is 173 Å². The van der Waals surface area contributed by atoms with Crippen molar-refractivity contribution in [1.82, 2.24) is 15.1 Å². The molecule has 1 aromatic heterocycles. The number of nitrogen functional groups attached to an aromatic ring is 1. The maximum Gasteiger partial charge on any atom is 0.274 e. The molecule has 0 unspecified atom stereocenters. The molecule has 152 valence electrons. The predicted molar refractivity (Wildman–Crippen MR) is 113 cm³/mol. The molecule has 1 aliphatic rings. The summed E-state index contributed by atoms with van der Waals surface area (Å²) in [6.07, 6.45) is 2.07. The molecule has 9 heteroatoms. The van der Waals surface area contributed by atoms with E-state index in [0.29, 0.717) is 43.2 Å². The number of carbonyl (C=O) groups is 1. The largest absolute Gasteiger partial charge is 0.398 e. The monoisotopic (exact) mass is 468 g/mol. The van der Waals surface area contributed by atoms with Crippen LogP contribution in [0.25, 0.3) is 0 Å². The lowest BCUT2D eigenvalue weighted by Gasteiger charge is -2.27. The van der Waals surface area contributed by atoms with Crippen LogP contribution < -0.4 is 5.73 Å². The summed E-state index contributed by atoms with van der Waals surface area (Å²) in [5.74, 6) is 0.613. The molecular formula is C19H25BrN4O3S. The van der Waals surface area contributed by atoms with E-state index in [9.17, 15) is 13.2 Å². The zero-order valence-electron chi connectivity index (χ0n) is 15.8. The minimum absolute atomic E-state index is 0.164. The van der Waals surface area contributed by atoms with Crippen molar-refractivity contribution in [1.29, 1.82) is 0 Å². The van der Waals surface area contributed by atoms with Crippen LogP contribution in [-0.4, -0.2) is 47.5 Å². The average molecular weight is 469 g/mol. The molecule has 0 atom stereocenters. The number of sulfone groups is 1. The molecule has 1 aliphatic heterocycles. The van der Waals surface area contributed by atoms with Gasteiger partial charge in [0.15, 0.2) is 0 Å². The minimum Gasteiger partial charge on any atom is -0.398 e. The number of hydrogen-bond acceptors (Lipinski definition) is 5. The number of nitrogens with two attached hydrogens (primary N) is 1. The maximum atomic E-state index is 13.1. The highest BCUT2D eigenvalue weighted by Gasteiger charge is 2.26. The lowest BCUT2D eigenvalue weighted by atomic mass is 9.98. The molecule has 28 heavy (non-hydrogen) atoms. The van der Waals surface area contributed by atoms with Gasteiger partial charge in [0.2, 0.25) is 0 Å². The standard InChI is InChI=1S/C19H25BrN4O3S/c1-13-11-18(23-22-13)19(25)24(12-15-16(20)3-2-4-17(15)21)8-5-14-6-9-28(26,27)10-7-14/h2-4,11,14H,5-10,12,21H2,1H3,(H,22,23). The van der Waals surface area contributed by atoms with Gasteiger partial charge in [0.1, 0.15) is 15.5 Å². The highest BCUT2D eigenvalue weighted by Crippen LogP contribution is 2.27. The summed E-state index contributed by atoms with van der Waals surface area (Å²) in [4.78, 5) is 14.8. The normalized spacial score (nSPS) is 16.8. The summed E-state index contributed by atoms with van der Waals surface area (Å²) < 4.78 is 24.2. The number of hydrogen-bond donors (Lipinski definition) is 2. The Morgan fingerprint density at radius 2 is 2.07 bits per heavy atom. The van der Waals surface area contributed by atoms with Crippen LogP contribution in [0.5, 0.6) is 0 Å². The maximum absolute atomic E-state index is 13.1. The number of aromatic nitrogens is 2. The first-order chi connectivity index (χ1) is 13.2. The molecule has 2 heterocycles. The van der Waals surface area contributed by atoms with Crippen molar-refractivity contribution in [3.63, 3.8) is 0 Å². The Bertz CT molecular complexity index is 924. The molecule has 0 radical (unpaired) electrons. The van der Waals surface area contributed by atoms with Gasteiger partial charge < -0.3 is 10.6 Å². The highest BCUT2D eigenvalue weighted by molar-refractivity contribution is 9.10. The van der Waals surface area contributed by atoms with Gasteiger partial charge in [-0.15, -0.1) is 0 Å². The van der Waals surface area contributed by atoms with E-state index >= 15 is 0 Å². The van der Waals surface area contributed by atoms with Gasteiger partial charge in [-0.05, 0) is 50.3 Å². The van der Waals surface area contributed by atoms with Gasteiger partial charge in [-0.3, -0.25) is 9.89 Å². The number of H-pyrrole nitrogens is 1. The number of anilines is 1. The molecular weight excluding hydrogens is 444 g/mol. The van der Waals surface area contributed by atoms with Crippen molar-refractivity contribution in [3.8, 4) is 0 Å². The molecule has 1 fully saturated rings. The molecule has 0 bridgehead atoms. The summed E-state index contributed by atoms with van der Waals surface area (Å²) in [6.45, 7) is 2.74. The topological polar surface area (TPSA) is 109 Å². The predicted octanol–water partition coefficient (Wildman–Crippen LogP) is 2.92. The van der Waals surface area contributed by atoms with Crippen molar-refractivity contribution in [2.75, 3.05) is 23.8 Å². The van der Waals surface area contributed by atoms with Crippen LogP contribution >= 0.6 is 15.9 Å². The van der Waals surface area contributed by atoms with Gasteiger partial charge in [-0.1, -0.05) is 22.0 Å². The van der Waals surface area contributed by atoms with Crippen LogP contribution in [0.15, 0.2) is 28.7 Å². The van der Waals surface area contributed by atoms with E-state index in [4.69, 9.17) is 5.73 Å². The number of aromatic amines is 1. The second-order valence-electron chi connectivity index (χ2n) is 7.35. The molecule has 1 amide bonds. The van der Waals surface area contributed by atoms with Crippen LogP contribution in [0.1, 0.15) is 41.0 Å². The molecule has 0 aliphatic carbocycles. The molecule has 3 N–H and O–H groups in total. The second kappa shape index (κ2) is 8.65. The van der Waals surface area contributed by atoms with Gasteiger partial charge in [0, 0.05) is 34.5 Å².